The van der Waals surface area contributed by atoms with Gasteiger partial charge in [-0.1, -0.05) is 82.1 Å². The van der Waals surface area contributed by atoms with Gasteiger partial charge in [-0.2, -0.15) is 13.2 Å². The van der Waals surface area contributed by atoms with Crippen molar-refractivity contribution >= 4 is 39.5 Å². The molecule has 0 spiro atoms. The molecule has 3 aromatic heterocycles. The van der Waals surface area contributed by atoms with Gasteiger partial charge in [-0.25, -0.2) is 4.98 Å². The van der Waals surface area contributed by atoms with Crippen LogP contribution in [-0.2, 0) is 30.5 Å². The highest BCUT2D eigenvalue weighted by atomic mass is 32.2. The second-order valence-corrected chi connectivity index (χ2v) is 16.5. The number of pyridine rings is 2. The van der Waals surface area contributed by atoms with Crippen LogP contribution < -0.4 is 4.74 Å². The van der Waals surface area contributed by atoms with Crippen molar-refractivity contribution in [3.8, 4) is 17.0 Å². The van der Waals surface area contributed by atoms with Gasteiger partial charge in [0.05, 0.1) is 27.9 Å². The van der Waals surface area contributed by atoms with Crippen molar-refractivity contribution in [1.82, 2.24) is 14.5 Å². The molecule has 0 aliphatic heterocycles. The van der Waals surface area contributed by atoms with Crippen LogP contribution in [0.5, 0.6) is 5.75 Å². The molecule has 7 rings (SSSR count). The van der Waals surface area contributed by atoms with Gasteiger partial charge in [0, 0.05) is 56.4 Å². The fourth-order valence-corrected chi connectivity index (χ4v) is 8.29. The lowest BCUT2D eigenvalue weighted by molar-refractivity contribution is -0.148. The van der Waals surface area contributed by atoms with Crippen molar-refractivity contribution in [2.24, 2.45) is 5.41 Å². The number of hydrogen-bond acceptors (Lipinski definition) is 5. The first kappa shape index (κ1) is 35.6. The van der Waals surface area contributed by atoms with Crippen LogP contribution in [0.25, 0.3) is 33.1 Å². The van der Waals surface area contributed by atoms with Gasteiger partial charge < -0.3 is 14.4 Å². The predicted octanol–water partition coefficient (Wildman–Crippen LogP) is 11.0. The third kappa shape index (κ3) is 7.53. The largest absolute Gasteiger partial charge is 0.487 e. The molecular formula is C42H40F3N3O3S. The lowest BCUT2D eigenvalue weighted by Crippen LogP contribution is -2.31. The Hall–Kier alpha value is -4.83. The maximum Gasteiger partial charge on any atom is 0.417 e. The summed E-state index contributed by atoms with van der Waals surface area (Å²) >= 11 is 1.74. The summed E-state index contributed by atoms with van der Waals surface area (Å²) < 4.78 is 47.7. The van der Waals surface area contributed by atoms with Gasteiger partial charge in [-0.15, -0.1) is 11.8 Å². The molecule has 0 saturated heterocycles. The Labute approximate surface area is 305 Å². The van der Waals surface area contributed by atoms with Gasteiger partial charge in [0.25, 0.3) is 0 Å². The van der Waals surface area contributed by atoms with Crippen molar-refractivity contribution in [3.05, 3.63) is 120 Å². The number of carboxylic acids is 1. The molecule has 3 aromatic carbocycles. The van der Waals surface area contributed by atoms with Crippen LogP contribution in [0.15, 0.2) is 102 Å². The number of halogens is 3. The molecule has 1 fully saturated rings. The van der Waals surface area contributed by atoms with E-state index in [4.69, 9.17) is 9.72 Å². The molecule has 1 N–H and O–H groups in total. The minimum atomic E-state index is -4.45. The molecule has 1 saturated carbocycles. The van der Waals surface area contributed by atoms with Crippen molar-refractivity contribution in [2.45, 2.75) is 81.8 Å². The summed E-state index contributed by atoms with van der Waals surface area (Å²) in [6.45, 7) is 7.26. The van der Waals surface area contributed by atoms with E-state index in [-0.39, 0.29) is 4.75 Å². The summed E-state index contributed by atoms with van der Waals surface area (Å²) in [7, 11) is 0. The van der Waals surface area contributed by atoms with Crippen LogP contribution in [0.4, 0.5) is 13.2 Å². The van der Waals surface area contributed by atoms with E-state index in [1.807, 2.05) is 66.7 Å². The van der Waals surface area contributed by atoms with Crippen LogP contribution in [-0.4, -0.2) is 30.4 Å². The SMILES string of the molecule is CC(C)(C)Sc1c(CC2(C(=O)O)CCCC2)n(Cc2ccc(-c3ccc(C(F)(F)F)cn3)cc2)c2ccc(OCc3ccc4ccccc4n3)cc12. The maximum absolute atomic E-state index is 13.1. The number of thioether (sulfide) groups is 1. The number of fused-ring (bicyclic) bond motifs is 2. The Kier molecular flexibility index (Phi) is 9.54. The van der Waals surface area contributed by atoms with Crippen molar-refractivity contribution in [1.29, 1.82) is 0 Å². The summed E-state index contributed by atoms with van der Waals surface area (Å²) in [6, 6.07) is 28.1. The molecule has 3 heterocycles. The average Bonchev–Trinajstić information content (AvgIpc) is 3.70. The molecule has 268 valence electrons. The highest BCUT2D eigenvalue weighted by molar-refractivity contribution is 8.00. The van der Waals surface area contributed by atoms with Crippen LogP contribution in [0.3, 0.4) is 0 Å². The number of rotatable bonds is 10. The monoisotopic (exact) mass is 723 g/mol. The van der Waals surface area contributed by atoms with Gasteiger partial charge in [-0.3, -0.25) is 9.78 Å². The number of carboxylic acid groups (broad SMARTS) is 1. The zero-order chi connectivity index (χ0) is 36.7. The van der Waals surface area contributed by atoms with E-state index in [2.05, 4.69) is 42.5 Å². The van der Waals surface area contributed by atoms with E-state index in [0.29, 0.717) is 49.4 Å². The molecule has 6 aromatic rings. The number of nitrogens with zero attached hydrogens (tertiary/aromatic N) is 3. The first-order valence-electron chi connectivity index (χ1n) is 17.5. The average molecular weight is 724 g/mol. The number of para-hydroxylation sites is 1. The van der Waals surface area contributed by atoms with Crippen LogP contribution in [0, 0.1) is 5.41 Å². The molecule has 6 nitrogen and oxygen atoms in total. The first-order chi connectivity index (χ1) is 24.8. The summed E-state index contributed by atoms with van der Waals surface area (Å²) in [5.41, 5.74) is 4.19. The fraction of sp³-hybridized carbons (Fsp3) is 0.310. The lowest BCUT2D eigenvalue weighted by atomic mass is 9.81. The molecule has 1 aliphatic rings. The molecular weight excluding hydrogens is 684 g/mol. The van der Waals surface area contributed by atoms with Gasteiger partial charge in [0.15, 0.2) is 0 Å². The number of carbonyl (C=O) groups is 1. The van der Waals surface area contributed by atoms with Crippen molar-refractivity contribution in [3.63, 3.8) is 0 Å². The van der Waals surface area contributed by atoms with E-state index in [9.17, 15) is 23.1 Å². The normalized spacial score (nSPS) is 14.7. The Balaban J connectivity index is 1.27. The quantitative estimate of drug-likeness (QED) is 0.142. The Bertz CT molecular complexity index is 2230. The standard InChI is InChI=1S/C42H40F3N3O3S/c1-40(2,3)52-38-33-22-32(51-26-31-16-14-28-8-4-5-9-35(28)47-31)17-19-36(33)48(37(38)23-41(39(49)50)20-6-7-21-41)25-27-10-12-29(13-11-27)34-18-15-30(24-46-34)42(43,44)45/h4-5,8-19,22,24H,6-7,20-21,23,25-26H2,1-3H3,(H,49,50). The lowest BCUT2D eigenvalue weighted by Gasteiger charge is -2.27. The molecule has 10 heteroatoms. The zero-order valence-corrected chi connectivity index (χ0v) is 30.2. The molecule has 0 radical (unpaired) electrons. The third-order valence-corrected chi connectivity index (χ3v) is 11.0. The fourth-order valence-electron chi connectivity index (χ4n) is 7.10. The van der Waals surface area contributed by atoms with Crippen LogP contribution in [0.2, 0.25) is 0 Å². The Morgan fingerprint density at radius 2 is 1.69 bits per heavy atom. The van der Waals surface area contributed by atoms with Gasteiger partial charge in [-0.05, 0) is 60.9 Å². The van der Waals surface area contributed by atoms with Crippen molar-refractivity contribution < 1.29 is 27.8 Å². The van der Waals surface area contributed by atoms with Crippen LogP contribution in [0.1, 0.15) is 69.0 Å². The number of ether oxygens (including phenoxy) is 1. The first-order valence-corrected chi connectivity index (χ1v) is 18.3. The number of alkyl halides is 3. The number of benzene rings is 3. The van der Waals surface area contributed by atoms with Gasteiger partial charge in [0.1, 0.15) is 12.4 Å². The molecule has 52 heavy (non-hydrogen) atoms. The smallest absolute Gasteiger partial charge is 0.417 e. The number of hydrogen-bond donors (Lipinski definition) is 1. The second kappa shape index (κ2) is 14.0. The van der Waals surface area contributed by atoms with E-state index in [1.165, 1.54) is 6.07 Å². The summed E-state index contributed by atoms with van der Waals surface area (Å²) in [5, 5.41) is 12.7. The summed E-state index contributed by atoms with van der Waals surface area (Å²) in [4.78, 5) is 22.8. The molecule has 0 bridgehead atoms. The van der Waals surface area contributed by atoms with E-state index >= 15 is 0 Å². The summed E-state index contributed by atoms with van der Waals surface area (Å²) in [6.07, 6.45) is -0.163. The third-order valence-electron chi connectivity index (χ3n) is 9.74. The predicted molar refractivity (Wildman–Crippen MR) is 200 cm³/mol. The van der Waals surface area contributed by atoms with E-state index < -0.39 is 23.1 Å². The van der Waals surface area contributed by atoms with Gasteiger partial charge in [0.2, 0.25) is 0 Å². The molecule has 1 aliphatic carbocycles. The van der Waals surface area contributed by atoms with Crippen LogP contribution >= 0.6 is 11.8 Å². The zero-order valence-electron chi connectivity index (χ0n) is 29.3. The Morgan fingerprint density at radius 1 is 0.942 bits per heavy atom. The molecule has 0 unspecified atom stereocenters. The molecule has 0 amide bonds. The maximum atomic E-state index is 13.1. The minimum Gasteiger partial charge on any atom is -0.487 e. The minimum absolute atomic E-state index is 0.165. The van der Waals surface area contributed by atoms with E-state index in [0.717, 1.165) is 68.8 Å². The molecule has 0 atom stereocenters. The Morgan fingerprint density at radius 3 is 2.37 bits per heavy atom. The number of aromatic nitrogens is 3. The van der Waals surface area contributed by atoms with Gasteiger partial charge >= 0.3 is 12.1 Å². The van der Waals surface area contributed by atoms with E-state index in [1.54, 1.807) is 11.8 Å². The summed E-state index contributed by atoms with van der Waals surface area (Å²) in [5.74, 6) is -0.0575. The highest BCUT2D eigenvalue weighted by Crippen LogP contribution is 2.48. The highest BCUT2D eigenvalue weighted by Gasteiger charge is 2.43. The second-order valence-electron chi connectivity index (χ2n) is 14.6. The topological polar surface area (TPSA) is 77.2 Å². The van der Waals surface area contributed by atoms with Crippen molar-refractivity contribution in [2.75, 3.05) is 0 Å². The number of aliphatic carboxylic acids is 1.